The number of aromatic amines is 1. The van der Waals surface area contributed by atoms with Crippen molar-refractivity contribution in [2.75, 3.05) is 0 Å². The molecule has 0 fully saturated rings. The number of imidazole rings is 1. The van der Waals surface area contributed by atoms with Crippen LogP contribution in [0.15, 0.2) is 47.3 Å². The van der Waals surface area contributed by atoms with Gasteiger partial charge in [0.15, 0.2) is 0 Å². The number of nitrogens with one attached hydrogen (secondary N) is 1. The van der Waals surface area contributed by atoms with Crippen LogP contribution in [0.4, 0.5) is 4.39 Å². The highest BCUT2D eigenvalue weighted by molar-refractivity contribution is 6.30. The Bertz CT molecular complexity index is 791. The summed E-state index contributed by atoms with van der Waals surface area (Å²) >= 11 is 5.90. The molecule has 0 radical (unpaired) electrons. The second-order valence-electron chi connectivity index (χ2n) is 3.88. The van der Waals surface area contributed by atoms with Crippen LogP contribution < -0.4 is 5.69 Å². The van der Waals surface area contributed by atoms with Crippen LogP contribution in [-0.4, -0.2) is 9.55 Å². The molecule has 18 heavy (non-hydrogen) atoms. The Morgan fingerprint density at radius 1 is 1.17 bits per heavy atom. The van der Waals surface area contributed by atoms with Gasteiger partial charge in [-0.25, -0.2) is 9.18 Å². The summed E-state index contributed by atoms with van der Waals surface area (Å²) in [5, 5.41) is 0.519. The third-order valence-corrected chi connectivity index (χ3v) is 2.97. The van der Waals surface area contributed by atoms with Gasteiger partial charge in [0.25, 0.3) is 0 Å². The molecule has 0 atom stereocenters. The van der Waals surface area contributed by atoms with Crippen LogP contribution in [0.1, 0.15) is 0 Å². The smallest absolute Gasteiger partial charge is 0.303 e. The zero-order valence-electron chi connectivity index (χ0n) is 9.15. The molecule has 0 bridgehead atoms. The Labute approximate surface area is 106 Å². The van der Waals surface area contributed by atoms with Crippen LogP contribution in [0.5, 0.6) is 0 Å². The maximum Gasteiger partial charge on any atom is 0.331 e. The standard InChI is InChI=1S/C13H8ClFN2O/c14-8-3-1-4-9(7-8)17-11-6-2-5-10(15)12(11)16-13(17)18/h1-7H,(H,16,18). The van der Waals surface area contributed by atoms with Crippen LogP contribution in [0.25, 0.3) is 16.7 Å². The van der Waals surface area contributed by atoms with Crippen molar-refractivity contribution < 1.29 is 4.39 Å². The summed E-state index contributed by atoms with van der Waals surface area (Å²) in [6, 6.07) is 11.4. The number of para-hydroxylation sites is 1. The van der Waals surface area contributed by atoms with Gasteiger partial charge < -0.3 is 4.98 Å². The minimum absolute atomic E-state index is 0.197. The Balaban J connectivity index is 2.39. The molecule has 0 aliphatic rings. The van der Waals surface area contributed by atoms with Gasteiger partial charge >= 0.3 is 5.69 Å². The number of halogens is 2. The third kappa shape index (κ3) is 1.62. The van der Waals surface area contributed by atoms with Crippen molar-refractivity contribution in [3.8, 4) is 5.69 Å². The molecule has 0 aliphatic heterocycles. The van der Waals surface area contributed by atoms with Gasteiger partial charge in [-0.1, -0.05) is 23.7 Å². The summed E-state index contributed by atoms with van der Waals surface area (Å²) in [6.07, 6.45) is 0. The number of fused-ring (bicyclic) bond motifs is 1. The second kappa shape index (κ2) is 3.99. The Morgan fingerprint density at radius 3 is 2.72 bits per heavy atom. The molecule has 3 nitrogen and oxygen atoms in total. The van der Waals surface area contributed by atoms with Crippen molar-refractivity contribution in [2.45, 2.75) is 0 Å². The highest BCUT2D eigenvalue weighted by Gasteiger charge is 2.11. The molecule has 2 aromatic carbocycles. The van der Waals surface area contributed by atoms with Crippen molar-refractivity contribution in [1.29, 1.82) is 0 Å². The zero-order chi connectivity index (χ0) is 12.7. The van der Waals surface area contributed by atoms with Crippen LogP contribution >= 0.6 is 11.6 Å². The molecule has 0 aliphatic carbocycles. The van der Waals surface area contributed by atoms with Gasteiger partial charge in [0.1, 0.15) is 11.3 Å². The van der Waals surface area contributed by atoms with E-state index in [-0.39, 0.29) is 5.52 Å². The lowest BCUT2D eigenvalue weighted by atomic mass is 10.2. The summed E-state index contributed by atoms with van der Waals surface area (Å²) in [5.74, 6) is -0.453. The highest BCUT2D eigenvalue weighted by Crippen LogP contribution is 2.19. The van der Waals surface area contributed by atoms with Crippen LogP contribution in [0.3, 0.4) is 0 Å². The molecule has 0 amide bonds. The Morgan fingerprint density at radius 2 is 1.94 bits per heavy atom. The van der Waals surface area contributed by atoms with Crippen molar-refractivity contribution in [2.24, 2.45) is 0 Å². The van der Waals surface area contributed by atoms with E-state index in [1.54, 1.807) is 36.4 Å². The van der Waals surface area contributed by atoms with E-state index in [4.69, 9.17) is 11.6 Å². The van der Waals surface area contributed by atoms with Crippen LogP contribution in [-0.2, 0) is 0 Å². The van der Waals surface area contributed by atoms with Crippen molar-refractivity contribution >= 4 is 22.6 Å². The number of nitrogens with zero attached hydrogens (tertiary/aromatic N) is 1. The molecule has 0 saturated heterocycles. The fourth-order valence-corrected chi connectivity index (χ4v) is 2.15. The topological polar surface area (TPSA) is 37.8 Å². The van der Waals surface area contributed by atoms with E-state index in [1.165, 1.54) is 10.6 Å². The van der Waals surface area contributed by atoms with Crippen LogP contribution in [0.2, 0.25) is 5.02 Å². The summed E-state index contributed by atoms with van der Waals surface area (Å²) < 4.78 is 15.0. The second-order valence-corrected chi connectivity index (χ2v) is 4.32. The average molecular weight is 263 g/mol. The molecule has 1 heterocycles. The fraction of sp³-hybridized carbons (Fsp3) is 0. The first-order valence-corrected chi connectivity index (χ1v) is 5.70. The minimum atomic E-state index is -0.453. The van der Waals surface area contributed by atoms with E-state index in [2.05, 4.69) is 4.98 Å². The molecular weight excluding hydrogens is 255 g/mol. The number of aromatic nitrogens is 2. The van der Waals surface area contributed by atoms with E-state index in [0.29, 0.717) is 16.2 Å². The number of hydrogen-bond donors (Lipinski definition) is 1. The Hall–Kier alpha value is -2.07. The Kier molecular flexibility index (Phi) is 2.45. The van der Waals surface area contributed by atoms with E-state index in [1.807, 2.05) is 0 Å². The molecule has 0 saturated carbocycles. The molecule has 1 aromatic heterocycles. The largest absolute Gasteiger partial charge is 0.331 e. The predicted octanol–water partition coefficient (Wildman–Crippen LogP) is 3.11. The van der Waals surface area contributed by atoms with Gasteiger partial charge in [0.2, 0.25) is 0 Å². The summed E-state index contributed by atoms with van der Waals surface area (Å²) in [4.78, 5) is 14.4. The first-order chi connectivity index (χ1) is 8.66. The molecular formula is C13H8ClFN2O. The highest BCUT2D eigenvalue weighted by atomic mass is 35.5. The SMILES string of the molecule is O=c1[nH]c2c(F)cccc2n1-c1cccc(Cl)c1. The lowest BCUT2D eigenvalue weighted by molar-refractivity contribution is 0.637. The molecule has 3 rings (SSSR count). The third-order valence-electron chi connectivity index (χ3n) is 2.73. The maximum atomic E-state index is 13.6. The first kappa shape index (κ1) is 11.0. The maximum absolute atomic E-state index is 13.6. The molecule has 0 unspecified atom stereocenters. The number of H-pyrrole nitrogens is 1. The van der Waals surface area contributed by atoms with Gasteiger partial charge in [0.05, 0.1) is 11.2 Å². The summed E-state index contributed by atoms with van der Waals surface area (Å²) in [6.45, 7) is 0. The number of benzene rings is 2. The van der Waals surface area contributed by atoms with E-state index in [9.17, 15) is 9.18 Å². The predicted molar refractivity (Wildman–Crippen MR) is 68.9 cm³/mol. The summed E-state index contributed by atoms with van der Waals surface area (Å²) in [7, 11) is 0. The quantitative estimate of drug-likeness (QED) is 0.719. The van der Waals surface area contributed by atoms with E-state index >= 15 is 0 Å². The monoisotopic (exact) mass is 262 g/mol. The lowest BCUT2D eigenvalue weighted by Crippen LogP contribution is -2.14. The molecule has 90 valence electrons. The minimum Gasteiger partial charge on any atom is -0.303 e. The lowest BCUT2D eigenvalue weighted by Gasteiger charge is -2.03. The first-order valence-electron chi connectivity index (χ1n) is 5.32. The fourth-order valence-electron chi connectivity index (χ4n) is 1.97. The van der Waals surface area contributed by atoms with Crippen molar-refractivity contribution in [3.05, 3.63) is 63.8 Å². The van der Waals surface area contributed by atoms with Crippen molar-refractivity contribution in [1.82, 2.24) is 9.55 Å². The van der Waals surface area contributed by atoms with Gasteiger partial charge in [-0.15, -0.1) is 0 Å². The average Bonchev–Trinajstić information content (AvgIpc) is 2.67. The van der Waals surface area contributed by atoms with Gasteiger partial charge in [-0.2, -0.15) is 0 Å². The van der Waals surface area contributed by atoms with Gasteiger partial charge in [-0.3, -0.25) is 4.57 Å². The van der Waals surface area contributed by atoms with Gasteiger partial charge in [0, 0.05) is 5.02 Å². The van der Waals surface area contributed by atoms with Crippen LogP contribution in [0, 0.1) is 5.82 Å². The zero-order valence-corrected chi connectivity index (χ0v) is 9.91. The molecule has 1 N–H and O–H groups in total. The van der Waals surface area contributed by atoms with Crippen molar-refractivity contribution in [3.63, 3.8) is 0 Å². The summed E-state index contributed by atoms with van der Waals surface area (Å²) in [5.41, 5.74) is 0.895. The van der Waals surface area contributed by atoms with Gasteiger partial charge in [-0.05, 0) is 30.3 Å². The normalized spacial score (nSPS) is 11.0. The number of rotatable bonds is 1. The number of hydrogen-bond acceptors (Lipinski definition) is 1. The van der Waals surface area contributed by atoms with E-state index in [0.717, 1.165) is 0 Å². The molecule has 5 heteroatoms. The van der Waals surface area contributed by atoms with E-state index < -0.39 is 11.5 Å². The molecule has 3 aromatic rings. The molecule has 0 spiro atoms.